The molecule has 0 aromatic heterocycles. The number of rotatable bonds is 3. The van der Waals surface area contributed by atoms with Crippen LogP contribution in [0.4, 0.5) is 0 Å². The Morgan fingerprint density at radius 2 is 1.51 bits per heavy atom. The minimum absolute atomic E-state index is 0.163. The molecule has 6 aliphatic rings. The zero-order valence-electron chi connectivity index (χ0n) is 26.4. The molecule has 39 heavy (non-hydrogen) atoms. The monoisotopic (exact) mass is 536 g/mol. The first kappa shape index (κ1) is 28.3. The molecule has 0 spiro atoms. The van der Waals surface area contributed by atoms with E-state index in [-0.39, 0.29) is 11.0 Å². The highest BCUT2D eigenvalue weighted by Gasteiger charge is 2.71. The summed E-state index contributed by atoms with van der Waals surface area (Å²) in [4.78, 5) is 14.4. The summed E-state index contributed by atoms with van der Waals surface area (Å²) in [5, 5.41) is 7.63. The summed E-state index contributed by atoms with van der Waals surface area (Å²) in [6.07, 6.45) is 18.9. The molecule has 0 aromatic rings. The van der Waals surface area contributed by atoms with Crippen LogP contribution in [0.2, 0.25) is 0 Å². The molecule has 9 atom stereocenters. The summed E-state index contributed by atoms with van der Waals surface area (Å²) in [7, 11) is 0. The van der Waals surface area contributed by atoms with Crippen LogP contribution in [0.25, 0.3) is 0 Å². The van der Waals surface area contributed by atoms with Crippen molar-refractivity contribution in [1.82, 2.24) is 10.6 Å². The van der Waals surface area contributed by atoms with Crippen LogP contribution < -0.4 is 10.6 Å². The van der Waals surface area contributed by atoms with Gasteiger partial charge in [0.05, 0.1) is 5.41 Å². The van der Waals surface area contributed by atoms with E-state index in [4.69, 9.17) is 0 Å². The van der Waals surface area contributed by atoms with Crippen molar-refractivity contribution in [2.75, 3.05) is 6.54 Å². The minimum Gasteiger partial charge on any atom is -0.353 e. The molecule has 1 amide bonds. The van der Waals surface area contributed by atoms with E-state index in [1.807, 2.05) is 0 Å². The third-order valence-corrected chi connectivity index (χ3v) is 15.1. The number of nitrogens with one attached hydrogen (secondary N) is 2. The van der Waals surface area contributed by atoms with E-state index < -0.39 is 0 Å². The number of carbonyl (C=O) groups excluding carboxylic acids is 1. The Morgan fingerprint density at radius 1 is 0.769 bits per heavy atom. The number of hydrogen-bond donors (Lipinski definition) is 2. The normalized spacial score (nSPS) is 49.5. The first-order valence-corrected chi connectivity index (χ1v) is 17.1. The average molecular weight is 537 g/mol. The number of fused-ring (bicyclic) bond motifs is 7. The van der Waals surface area contributed by atoms with Crippen LogP contribution in [0.1, 0.15) is 138 Å². The lowest BCUT2D eigenvalue weighted by molar-refractivity contribution is -0.223. The summed E-state index contributed by atoms with van der Waals surface area (Å²) in [6.45, 7) is 21.1. The van der Waals surface area contributed by atoms with Gasteiger partial charge >= 0.3 is 0 Å². The fourth-order valence-corrected chi connectivity index (χ4v) is 13.0. The summed E-state index contributed by atoms with van der Waals surface area (Å²) < 4.78 is 0. The maximum absolute atomic E-state index is 14.4. The molecule has 6 rings (SSSR count). The van der Waals surface area contributed by atoms with Gasteiger partial charge in [0.25, 0.3) is 0 Å². The second kappa shape index (κ2) is 9.60. The van der Waals surface area contributed by atoms with Crippen LogP contribution in [0.5, 0.6) is 0 Å². The Hall–Kier alpha value is -0.830. The van der Waals surface area contributed by atoms with E-state index in [0.29, 0.717) is 45.9 Å². The van der Waals surface area contributed by atoms with Gasteiger partial charge in [-0.1, -0.05) is 52.2 Å². The molecule has 0 bridgehead atoms. The molecule has 5 saturated carbocycles. The van der Waals surface area contributed by atoms with E-state index in [1.54, 1.807) is 0 Å². The second-order valence-electron chi connectivity index (χ2n) is 16.9. The molecule has 1 saturated heterocycles. The number of hydrogen-bond acceptors (Lipinski definition) is 2. The van der Waals surface area contributed by atoms with Crippen LogP contribution in [-0.4, -0.2) is 24.0 Å². The zero-order chi connectivity index (χ0) is 27.8. The Balaban J connectivity index is 1.35. The molecule has 3 heteroatoms. The number of allylic oxidation sites excluding steroid dienone is 1. The minimum atomic E-state index is -0.163. The lowest BCUT2D eigenvalue weighted by Crippen LogP contribution is -2.67. The third-order valence-electron chi connectivity index (χ3n) is 15.1. The van der Waals surface area contributed by atoms with Crippen molar-refractivity contribution in [3.8, 4) is 0 Å². The average Bonchev–Trinajstić information content (AvgIpc) is 3.24. The van der Waals surface area contributed by atoms with Crippen molar-refractivity contribution in [1.29, 1.82) is 0 Å². The van der Waals surface area contributed by atoms with Crippen molar-refractivity contribution >= 4 is 5.91 Å². The topological polar surface area (TPSA) is 41.1 Å². The fourth-order valence-electron chi connectivity index (χ4n) is 13.0. The smallest absolute Gasteiger partial charge is 0.226 e. The molecular formula is C36H60N2O. The first-order chi connectivity index (χ1) is 18.4. The molecule has 0 unspecified atom stereocenters. The highest BCUT2D eigenvalue weighted by molar-refractivity contribution is 5.84. The molecule has 0 radical (unpaired) electrons. The fraction of sp³-hybridized carbons (Fsp3) is 0.917. The molecule has 1 heterocycles. The van der Waals surface area contributed by atoms with Gasteiger partial charge in [-0.25, -0.2) is 0 Å². The van der Waals surface area contributed by atoms with Crippen LogP contribution >= 0.6 is 0 Å². The highest BCUT2D eigenvalue weighted by atomic mass is 16.2. The van der Waals surface area contributed by atoms with E-state index in [0.717, 1.165) is 24.7 Å². The lowest BCUT2D eigenvalue weighted by atomic mass is 9.33. The molecule has 220 valence electrons. The van der Waals surface area contributed by atoms with E-state index in [1.165, 1.54) is 95.6 Å². The molecule has 5 aliphatic carbocycles. The Bertz CT molecular complexity index is 981. The molecule has 6 fully saturated rings. The second-order valence-corrected chi connectivity index (χ2v) is 16.9. The Labute approximate surface area is 240 Å². The molecular weight excluding hydrogens is 476 g/mol. The SMILES string of the molecule is C=C(C)[C@@H]1CC[C@]2(C(=O)NC3CCCCC3)CC[C@]3(C)[C@H](CC[C@@H]4[C@@]5(C)CCCNC(C)(C)[C@@H]5CC[C@]43C)[C@@H]12. The molecule has 1 aliphatic heterocycles. The van der Waals surface area contributed by atoms with Crippen LogP contribution in [0, 0.1) is 51.2 Å². The summed E-state index contributed by atoms with van der Waals surface area (Å²) >= 11 is 0. The first-order valence-electron chi connectivity index (χ1n) is 17.1. The maximum atomic E-state index is 14.4. The quantitative estimate of drug-likeness (QED) is 0.355. The van der Waals surface area contributed by atoms with Crippen molar-refractivity contribution < 1.29 is 4.79 Å². The van der Waals surface area contributed by atoms with Gasteiger partial charge in [-0.3, -0.25) is 4.79 Å². The van der Waals surface area contributed by atoms with Gasteiger partial charge in [-0.2, -0.15) is 0 Å². The third kappa shape index (κ3) is 4.00. The van der Waals surface area contributed by atoms with Gasteiger partial charge in [-0.15, -0.1) is 0 Å². The number of carbonyl (C=O) groups is 1. The molecule has 3 nitrogen and oxygen atoms in total. The largest absolute Gasteiger partial charge is 0.353 e. The van der Waals surface area contributed by atoms with Crippen LogP contribution in [-0.2, 0) is 4.79 Å². The van der Waals surface area contributed by atoms with E-state index in [9.17, 15) is 4.79 Å². The summed E-state index contributed by atoms with van der Waals surface area (Å²) in [6, 6.07) is 0.411. The number of amides is 1. The van der Waals surface area contributed by atoms with Gasteiger partial charge in [0.1, 0.15) is 0 Å². The standard InChI is InChI=1S/C36H60N2O/c1-24(2)26-16-20-36(31(39)38-25-12-9-8-10-13-25)22-21-34(6)27(30(26)36)14-15-29-33(5)18-11-23-37-32(3,4)28(33)17-19-35(29,34)7/h25-30,37H,1,8-23H2,2-7H3,(H,38,39)/t26-,27+,28-,29+,30+,33-,34+,35+,36-/m0/s1. The van der Waals surface area contributed by atoms with Crippen molar-refractivity contribution in [2.45, 2.75) is 149 Å². The van der Waals surface area contributed by atoms with Crippen LogP contribution in [0.3, 0.4) is 0 Å². The van der Waals surface area contributed by atoms with Crippen molar-refractivity contribution in [3.05, 3.63) is 12.2 Å². The molecule has 2 N–H and O–H groups in total. The van der Waals surface area contributed by atoms with Gasteiger partial charge in [0.15, 0.2) is 0 Å². The molecule has 0 aromatic carbocycles. The maximum Gasteiger partial charge on any atom is 0.226 e. The predicted molar refractivity (Wildman–Crippen MR) is 162 cm³/mol. The van der Waals surface area contributed by atoms with Gasteiger partial charge < -0.3 is 10.6 Å². The highest BCUT2D eigenvalue weighted by Crippen LogP contribution is 2.76. The zero-order valence-corrected chi connectivity index (χ0v) is 26.4. The van der Waals surface area contributed by atoms with E-state index >= 15 is 0 Å². The predicted octanol–water partition coefficient (Wildman–Crippen LogP) is 8.43. The van der Waals surface area contributed by atoms with Crippen molar-refractivity contribution in [3.63, 3.8) is 0 Å². The van der Waals surface area contributed by atoms with Crippen molar-refractivity contribution in [2.24, 2.45) is 51.2 Å². The summed E-state index contributed by atoms with van der Waals surface area (Å²) in [5.41, 5.74) is 2.48. The van der Waals surface area contributed by atoms with Gasteiger partial charge in [0.2, 0.25) is 5.91 Å². The summed E-state index contributed by atoms with van der Waals surface area (Å²) in [5.74, 6) is 3.62. The van der Waals surface area contributed by atoms with Gasteiger partial charge in [0, 0.05) is 11.6 Å². The lowest BCUT2D eigenvalue weighted by Gasteiger charge is -2.71. The van der Waals surface area contributed by atoms with E-state index in [2.05, 4.69) is 58.8 Å². The van der Waals surface area contributed by atoms with Gasteiger partial charge in [-0.05, 0) is 150 Å². The Kier molecular flexibility index (Phi) is 6.97. The van der Waals surface area contributed by atoms with Crippen LogP contribution in [0.15, 0.2) is 12.2 Å². The Morgan fingerprint density at radius 3 is 2.23 bits per heavy atom.